The molecule has 1 aliphatic carbocycles. The fraction of sp³-hybridized carbons (Fsp3) is 0.556. The average molecular weight is 316 g/mol. The Morgan fingerprint density at radius 3 is 2.52 bits per heavy atom. The van der Waals surface area contributed by atoms with E-state index in [-0.39, 0.29) is 23.8 Å². The Bertz CT molecular complexity index is 564. The van der Waals surface area contributed by atoms with Crippen LogP contribution in [0.15, 0.2) is 24.3 Å². The Morgan fingerprint density at radius 1 is 1.17 bits per heavy atom. The molecule has 1 N–H and O–H groups in total. The van der Waals surface area contributed by atoms with E-state index in [4.69, 9.17) is 4.74 Å². The fourth-order valence-electron chi connectivity index (χ4n) is 3.31. The standard InChI is InChI=1S/C18H24N2O3/c1-13-12-20(10-11-23-13)18(22)15-6-8-16(9-7-15)19-17(21)14-4-2-3-5-14/h6-9,13-14H,2-5,10-12H2,1H3,(H,19,21). The summed E-state index contributed by atoms with van der Waals surface area (Å²) in [6.07, 6.45) is 4.33. The molecule has 5 nitrogen and oxygen atoms in total. The zero-order valence-corrected chi connectivity index (χ0v) is 13.6. The SMILES string of the molecule is CC1CN(C(=O)c2ccc(NC(=O)C3CCCC3)cc2)CCO1. The molecular weight excluding hydrogens is 292 g/mol. The summed E-state index contributed by atoms with van der Waals surface area (Å²) in [5.74, 6) is 0.267. The van der Waals surface area contributed by atoms with Crippen LogP contribution in [0.2, 0.25) is 0 Å². The maximum Gasteiger partial charge on any atom is 0.254 e. The van der Waals surface area contributed by atoms with E-state index in [0.717, 1.165) is 31.4 Å². The lowest BCUT2D eigenvalue weighted by atomic mass is 10.1. The first-order valence-corrected chi connectivity index (χ1v) is 8.45. The van der Waals surface area contributed by atoms with E-state index in [9.17, 15) is 9.59 Å². The van der Waals surface area contributed by atoms with E-state index in [1.807, 2.05) is 24.0 Å². The summed E-state index contributed by atoms with van der Waals surface area (Å²) >= 11 is 0. The lowest BCUT2D eigenvalue weighted by Gasteiger charge is -2.31. The van der Waals surface area contributed by atoms with Gasteiger partial charge < -0.3 is 15.0 Å². The Morgan fingerprint density at radius 2 is 1.87 bits per heavy atom. The normalized spacial score (nSPS) is 22.1. The zero-order valence-electron chi connectivity index (χ0n) is 13.6. The monoisotopic (exact) mass is 316 g/mol. The van der Waals surface area contributed by atoms with Gasteiger partial charge in [0, 0.05) is 30.3 Å². The third kappa shape index (κ3) is 3.91. The molecule has 0 aromatic heterocycles. The van der Waals surface area contributed by atoms with E-state index >= 15 is 0 Å². The zero-order chi connectivity index (χ0) is 16.2. The van der Waals surface area contributed by atoms with Crippen LogP contribution >= 0.6 is 0 Å². The Kier molecular flexibility index (Phi) is 4.96. The fourth-order valence-corrected chi connectivity index (χ4v) is 3.31. The molecule has 124 valence electrons. The highest BCUT2D eigenvalue weighted by atomic mass is 16.5. The van der Waals surface area contributed by atoms with E-state index in [0.29, 0.717) is 25.3 Å². The van der Waals surface area contributed by atoms with Crippen LogP contribution in [-0.2, 0) is 9.53 Å². The minimum absolute atomic E-state index is 0.0221. The maximum absolute atomic E-state index is 12.5. The number of amides is 2. The second kappa shape index (κ2) is 7.13. The first-order valence-electron chi connectivity index (χ1n) is 8.45. The topological polar surface area (TPSA) is 58.6 Å². The van der Waals surface area contributed by atoms with Crippen molar-refractivity contribution in [2.75, 3.05) is 25.0 Å². The van der Waals surface area contributed by atoms with Gasteiger partial charge in [0.2, 0.25) is 5.91 Å². The van der Waals surface area contributed by atoms with Gasteiger partial charge in [0.25, 0.3) is 5.91 Å². The summed E-state index contributed by atoms with van der Waals surface area (Å²) < 4.78 is 5.46. The van der Waals surface area contributed by atoms with Crippen molar-refractivity contribution in [3.63, 3.8) is 0 Å². The van der Waals surface area contributed by atoms with E-state index < -0.39 is 0 Å². The molecule has 2 aliphatic rings. The molecule has 1 saturated carbocycles. The molecule has 2 amide bonds. The molecule has 1 unspecified atom stereocenters. The quantitative estimate of drug-likeness (QED) is 0.932. The van der Waals surface area contributed by atoms with Crippen molar-refractivity contribution in [3.8, 4) is 0 Å². The number of benzene rings is 1. The number of ether oxygens (including phenoxy) is 1. The summed E-state index contributed by atoms with van der Waals surface area (Å²) in [6, 6.07) is 7.19. The van der Waals surface area contributed by atoms with Gasteiger partial charge in [-0.1, -0.05) is 12.8 Å². The molecule has 0 bridgehead atoms. The van der Waals surface area contributed by atoms with Crippen molar-refractivity contribution in [3.05, 3.63) is 29.8 Å². The Balaban J connectivity index is 1.60. The van der Waals surface area contributed by atoms with Crippen LogP contribution in [0.3, 0.4) is 0 Å². The van der Waals surface area contributed by atoms with Gasteiger partial charge in [-0.3, -0.25) is 9.59 Å². The van der Waals surface area contributed by atoms with Gasteiger partial charge in [-0.25, -0.2) is 0 Å². The van der Waals surface area contributed by atoms with Crippen LogP contribution in [0.1, 0.15) is 43.0 Å². The number of anilines is 1. The maximum atomic E-state index is 12.5. The summed E-state index contributed by atoms with van der Waals surface area (Å²) in [5.41, 5.74) is 1.41. The van der Waals surface area contributed by atoms with E-state index in [1.165, 1.54) is 0 Å². The van der Waals surface area contributed by atoms with Crippen LogP contribution < -0.4 is 5.32 Å². The van der Waals surface area contributed by atoms with E-state index in [2.05, 4.69) is 5.32 Å². The lowest BCUT2D eigenvalue weighted by molar-refractivity contribution is -0.119. The second-order valence-electron chi connectivity index (χ2n) is 6.48. The molecule has 0 radical (unpaired) electrons. The summed E-state index contributed by atoms with van der Waals surface area (Å²) in [6.45, 7) is 3.81. The molecule has 1 heterocycles. The van der Waals surface area contributed by atoms with Crippen LogP contribution in [0.25, 0.3) is 0 Å². The van der Waals surface area contributed by atoms with Crippen molar-refractivity contribution in [2.24, 2.45) is 5.92 Å². The number of carbonyl (C=O) groups is 2. The number of hydrogen-bond donors (Lipinski definition) is 1. The minimum Gasteiger partial charge on any atom is -0.375 e. The third-order valence-electron chi connectivity index (χ3n) is 4.65. The van der Waals surface area contributed by atoms with Crippen molar-refractivity contribution in [2.45, 2.75) is 38.7 Å². The van der Waals surface area contributed by atoms with Crippen LogP contribution in [0.4, 0.5) is 5.69 Å². The molecule has 1 aromatic rings. The molecule has 1 atom stereocenters. The van der Waals surface area contributed by atoms with Crippen molar-refractivity contribution in [1.82, 2.24) is 4.90 Å². The average Bonchev–Trinajstić information content (AvgIpc) is 3.09. The number of hydrogen-bond acceptors (Lipinski definition) is 3. The Labute approximate surface area is 137 Å². The van der Waals surface area contributed by atoms with Gasteiger partial charge in [-0.15, -0.1) is 0 Å². The van der Waals surface area contributed by atoms with Gasteiger partial charge in [0.05, 0.1) is 12.7 Å². The lowest BCUT2D eigenvalue weighted by Crippen LogP contribution is -2.44. The van der Waals surface area contributed by atoms with Gasteiger partial charge in [-0.2, -0.15) is 0 Å². The predicted molar refractivity (Wildman–Crippen MR) is 88.3 cm³/mol. The summed E-state index contributed by atoms with van der Waals surface area (Å²) in [5, 5.41) is 2.95. The summed E-state index contributed by atoms with van der Waals surface area (Å²) in [4.78, 5) is 26.4. The molecular formula is C18H24N2O3. The first-order chi connectivity index (χ1) is 11.1. The summed E-state index contributed by atoms with van der Waals surface area (Å²) in [7, 11) is 0. The third-order valence-corrected chi connectivity index (χ3v) is 4.65. The van der Waals surface area contributed by atoms with Gasteiger partial charge >= 0.3 is 0 Å². The van der Waals surface area contributed by atoms with Crippen LogP contribution in [-0.4, -0.2) is 42.5 Å². The molecule has 2 fully saturated rings. The molecule has 0 spiro atoms. The van der Waals surface area contributed by atoms with Crippen molar-refractivity contribution >= 4 is 17.5 Å². The van der Waals surface area contributed by atoms with Crippen molar-refractivity contribution in [1.29, 1.82) is 0 Å². The Hall–Kier alpha value is -1.88. The van der Waals surface area contributed by atoms with Gasteiger partial charge in [0.15, 0.2) is 0 Å². The van der Waals surface area contributed by atoms with Crippen LogP contribution in [0.5, 0.6) is 0 Å². The number of nitrogens with zero attached hydrogens (tertiary/aromatic N) is 1. The van der Waals surface area contributed by atoms with E-state index in [1.54, 1.807) is 12.1 Å². The molecule has 3 rings (SSSR count). The van der Waals surface area contributed by atoms with Gasteiger partial charge in [-0.05, 0) is 44.0 Å². The van der Waals surface area contributed by atoms with Crippen LogP contribution in [0, 0.1) is 5.92 Å². The number of carbonyl (C=O) groups excluding carboxylic acids is 2. The molecule has 5 heteroatoms. The second-order valence-corrected chi connectivity index (χ2v) is 6.48. The van der Waals surface area contributed by atoms with Crippen molar-refractivity contribution < 1.29 is 14.3 Å². The highest BCUT2D eigenvalue weighted by Crippen LogP contribution is 2.26. The molecule has 23 heavy (non-hydrogen) atoms. The molecule has 1 aromatic carbocycles. The number of nitrogens with one attached hydrogen (secondary N) is 1. The largest absolute Gasteiger partial charge is 0.375 e. The predicted octanol–water partition coefficient (Wildman–Crippen LogP) is 2.68. The highest BCUT2D eigenvalue weighted by Gasteiger charge is 2.24. The molecule has 1 aliphatic heterocycles. The molecule has 1 saturated heterocycles. The minimum atomic E-state index is 0.0221. The first kappa shape index (κ1) is 16.0. The number of rotatable bonds is 3. The highest BCUT2D eigenvalue weighted by molar-refractivity contribution is 5.96. The van der Waals surface area contributed by atoms with Gasteiger partial charge in [0.1, 0.15) is 0 Å². The smallest absolute Gasteiger partial charge is 0.254 e. The number of morpholine rings is 1.